The average Bonchev–Trinajstić information content (AvgIpc) is 2.31. The van der Waals surface area contributed by atoms with Crippen molar-refractivity contribution in [3.05, 3.63) is 33.3 Å². The molecule has 1 amide bonds. The molecule has 0 saturated carbocycles. The minimum Gasteiger partial charge on any atom is -0.349 e. The Morgan fingerprint density at radius 3 is 2.65 bits per heavy atom. The minimum absolute atomic E-state index is 0.0300. The van der Waals surface area contributed by atoms with E-state index >= 15 is 0 Å². The number of carbonyl (C=O) groups excluding carboxylic acids is 1. The van der Waals surface area contributed by atoms with E-state index in [1.807, 2.05) is 13.8 Å². The van der Waals surface area contributed by atoms with E-state index < -0.39 is 0 Å². The molecule has 2 nitrogen and oxygen atoms in total. The van der Waals surface area contributed by atoms with Crippen LogP contribution in [0.4, 0.5) is 0 Å². The molecule has 0 aromatic heterocycles. The Kier molecular flexibility index (Phi) is 5.77. The first kappa shape index (κ1) is 14.8. The van der Waals surface area contributed by atoms with Gasteiger partial charge in [0.05, 0.1) is 5.02 Å². The van der Waals surface area contributed by atoms with E-state index in [0.717, 1.165) is 4.47 Å². The van der Waals surface area contributed by atoms with Gasteiger partial charge >= 0.3 is 0 Å². The van der Waals surface area contributed by atoms with Crippen LogP contribution in [0.1, 0.15) is 24.2 Å². The van der Waals surface area contributed by atoms with Crippen LogP contribution < -0.4 is 5.32 Å². The van der Waals surface area contributed by atoms with Crippen LogP contribution in [0, 0.1) is 5.92 Å². The molecule has 94 valence electrons. The Labute approximate surface area is 120 Å². The summed E-state index contributed by atoms with van der Waals surface area (Å²) >= 11 is 15.0. The van der Waals surface area contributed by atoms with Gasteiger partial charge in [-0.15, -0.1) is 11.6 Å². The van der Waals surface area contributed by atoms with Crippen LogP contribution in [-0.4, -0.2) is 17.8 Å². The molecule has 0 aliphatic rings. The van der Waals surface area contributed by atoms with E-state index in [1.54, 1.807) is 18.2 Å². The molecule has 1 rings (SSSR count). The van der Waals surface area contributed by atoms with Gasteiger partial charge in [0.25, 0.3) is 5.91 Å². The van der Waals surface area contributed by atoms with Crippen molar-refractivity contribution in [2.24, 2.45) is 5.92 Å². The fourth-order valence-corrected chi connectivity index (χ4v) is 1.90. The molecule has 2 unspecified atom stereocenters. The molecule has 1 N–H and O–H groups in total. The lowest BCUT2D eigenvalue weighted by atomic mass is 10.1. The van der Waals surface area contributed by atoms with Crippen molar-refractivity contribution in [3.8, 4) is 0 Å². The highest BCUT2D eigenvalue weighted by Gasteiger charge is 2.15. The van der Waals surface area contributed by atoms with Crippen LogP contribution in [0.25, 0.3) is 0 Å². The molecule has 1 aromatic rings. The molecule has 1 aromatic carbocycles. The van der Waals surface area contributed by atoms with Gasteiger partial charge < -0.3 is 5.32 Å². The fourth-order valence-electron chi connectivity index (χ4n) is 1.20. The summed E-state index contributed by atoms with van der Waals surface area (Å²) in [5, 5.41) is 3.42. The number of alkyl halides is 1. The largest absolute Gasteiger partial charge is 0.349 e. The predicted molar refractivity (Wildman–Crippen MR) is 76.0 cm³/mol. The molecule has 17 heavy (non-hydrogen) atoms. The Morgan fingerprint density at radius 1 is 1.47 bits per heavy atom. The number of rotatable bonds is 4. The molecule has 0 aliphatic carbocycles. The van der Waals surface area contributed by atoms with Gasteiger partial charge in [0.15, 0.2) is 0 Å². The first-order valence-corrected chi connectivity index (χ1v) is 6.98. The summed E-state index contributed by atoms with van der Waals surface area (Å²) in [6, 6.07) is 5.15. The topological polar surface area (TPSA) is 29.1 Å². The first-order chi connectivity index (χ1) is 7.95. The van der Waals surface area contributed by atoms with Gasteiger partial charge in [-0.1, -0.05) is 18.5 Å². The second kappa shape index (κ2) is 6.62. The van der Waals surface area contributed by atoms with Crippen LogP contribution in [0.15, 0.2) is 22.7 Å². The van der Waals surface area contributed by atoms with E-state index in [-0.39, 0.29) is 17.9 Å². The van der Waals surface area contributed by atoms with Crippen molar-refractivity contribution in [2.75, 3.05) is 5.88 Å². The smallest absolute Gasteiger partial charge is 0.251 e. The van der Waals surface area contributed by atoms with Gasteiger partial charge in [0.1, 0.15) is 0 Å². The number of hydrogen-bond donors (Lipinski definition) is 1. The van der Waals surface area contributed by atoms with E-state index in [4.69, 9.17) is 23.2 Å². The van der Waals surface area contributed by atoms with Crippen molar-refractivity contribution in [2.45, 2.75) is 19.9 Å². The molecule has 0 saturated heterocycles. The van der Waals surface area contributed by atoms with Crippen LogP contribution in [0.5, 0.6) is 0 Å². The highest BCUT2D eigenvalue weighted by Crippen LogP contribution is 2.23. The lowest BCUT2D eigenvalue weighted by Crippen LogP contribution is -2.37. The summed E-state index contributed by atoms with van der Waals surface area (Å²) < 4.78 is 0.776. The lowest BCUT2D eigenvalue weighted by Gasteiger charge is -2.19. The second-order valence-electron chi connectivity index (χ2n) is 4.02. The zero-order valence-corrected chi connectivity index (χ0v) is 12.7. The average molecular weight is 339 g/mol. The number of amides is 1. The van der Waals surface area contributed by atoms with Crippen LogP contribution in [0.2, 0.25) is 5.02 Å². The molecule has 0 aliphatic heterocycles. The van der Waals surface area contributed by atoms with Gasteiger partial charge in [0.2, 0.25) is 0 Å². The SMILES string of the molecule is CC(CCl)C(C)NC(=O)c1ccc(Br)c(Cl)c1. The Hall–Kier alpha value is -0.250. The maximum absolute atomic E-state index is 11.9. The summed E-state index contributed by atoms with van der Waals surface area (Å²) in [6.45, 7) is 3.93. The molecule has 2 atom stereocenters. The zero-order valence-electron chi connectivity index (χ0n) is 9.64. The van der Waals surface area contributed by atoms with Crippen LogP contribution >= 0.6 is 39.1 Å². The molecule has 0 bridgehead atoms. The molecule has 0 spiro atoms. The van der Waals surface area contributed by atoms with Gasteiger partial charge in [-0.3, -0.25) is 4.79 Å². The van der Waals surface area contributed by atoms with Crippen molar-refractivity contribution < 1.29 is 4.79 Å². The van der Waals surface area contributed by atoms with E-state index in [9.17, 15) is 4.79 Å². The third-order valence-electron chi connectivity index (χ3n) is 2.64. The van der Waals surface area contributed by atoms with E-state index in [1.165, 1.54) is 0 Å². The summed E-state index contributed by atoms with van der Waals surface area (Å²) in [6.07, 6.45) is 0. The van der Waals surface area contributed by atoms with Gasteiger partial charge in [-0.05, 0) is 47.0 Å². The third kappa shape index (κ3) is 4.16. The number of hydrogen-bond acceptors (Lipinski definition) is 1. The quantitative estimate of drug-likeness (QED) is 0.823. The monoisotopic (exact) mass is 337 g/mol. The first-order valence-electron chi connectivity index (χ1n) is 5.27. The van der Waals surface area contributed by atoms with E-state index in [2.05, 4.69) is 21.2 Å². The van der Waals surface area contributed by atoms with Gasteiger partial charge in [0, 0.05) is 22.0 Å². The van der Waals surface area contributed by atoms with Crippen molar-refractivity contribution in [3.63, 3.8) is 0 Å². The van der Waals surface area contributed by atoms with Gasteiger partial charge in [-0.25, -0.2) is 0 Å². The molecular formula is C12H14BrCl2NO. The Balaban J connectivity index is 2.73. The Bertz CT molecular complexity index is 411. The van der Waals surface area contributed by atoms with Crippen molar-refractivity contribution >= 4 is 45.0 Å². The number of nitrogens with one attached hydrogen (secondary N) is 1. The number of benzene rings is 1. The summed E-state index contributed by atoms with van der Waals surface area (Å²) in [5.41, 5.74) is 0.548. The molecule has 0 radical (unpaired) electrons. The highest BCUT2D eigenvalue weighted by molar-refractivity contribution is 9.10. The maximum atomic E-state index is 11.9. The number of carbonyl (C=O) groups is 1. The van der Waals surface area contributed by atoms with Crippen molar-refractivity contribution in [1.29, 1.82) is 0 Å². The maximum Gasteiger partial charge on any atom is 0.251 e. The minimum atomic E-state index is -0.135. The Morgan fingerprint density at radius 2 is 2.12 bits per heavy atom. The second-order valence-corrected chi connectivity index (χ2v) is 5.59. The summed E-state index contributed by atoms with van der Waals surface area (Å²) in [5.74, 6) is 0.609. The van der Waals surface area contributed by atoms with Gasteiger partial charge in [-0.2, -0.15) is 0 Å². The lowest BCUT2D eigenvalue weighted by molar-refractivity contribution is 0.0931. The molecule has 5 heteroatoms. The van der Waals surface area contributed by atoms with Crippen LogP contribution in [0.3, 0.4) is 0 Å². The zero-order chi connectivity index (χ0) is 13.0. The van der Waals surface area contributed by atoms with Crippen LogP contribution in [-0.2, 0) is 0 Å². The molecule has 0 heterocycles. The number of halogens is 3. The summed E-state index contributed by atoms with van der Waals surface area (Å²) in [4.78, 5) is 11.9. The van der Waals surface area contributed by atoms with E-state index in [0.29, 0.717) is 16.5 Å². The predicted octanol–water partition coefficient (Wildman–Crippen LogP) is 4.10. The fraction of sp³-hybridized carbons (Fsp3) is 0.417. The standard InChI is InChI=1S/C12H14BrCl2NO/c1-7(6-14)8(2)16-12(17)9-3-4-10(13)11(15)5-9/h3-5,7-8H,6H2,1-2H3,(H,16,17). The summed E-state index contributed by atoms with van der Waals surface area (Å²) in [7, 11) is 0. The third-order valence-corrected chi connectivity index (χ3v) is 4.36. The molecular weight excluding hydrogens is 325 g/mol. The highest BCUT2D eigenvalue weighted by atomic mass is 79.9. The van der Waals surface area contributed by atoms with Crippen molar-refractivity contribution in [1.82, 2.24) is 5.32 Å². The molecule has 0 fully saturated rings. The normalized spacial score (nSPS) is 14.2.